The van der Waals surface area contributed by atoms with Crippen LogP contribution in [0.2, 0.25) is 18.1 Å². The van der Waals surface area contributed by atoms with Crippen molar-refractivity contribution < 1.29 is 60.1 Å². The van der Waals surface area contributed by atoms with Crippen LogP contribution in [0.1, 0.15) is 131 Å². The predicted octanol–water partition coefficient (Wildman–Crippen LogP) is 9.07. The number of benzene rings is 1. The largest absolute Gasteiger partial charge is 0.417 e. The van der Waals surface area contributed by atoms with E-state index < -0.39 is 54.7 Å². The number of aliphatic hydroxyl groups is 1. The fourth-order valence-electron chi connectivity index (χ4n) is 12.5. The first kappa shape index (κ1) is 52.0. The van der Waals surface area contributed by atoms with Gasteiger partial charge in [-0.2, -0.15) is 8.42 Å². The second kappa shape index (κ2) is 20.1. The Kier molecular flexibility index (Phi) is 15.2. The van der Waals surface area contributed by atoms with Crippen molar-refractivity contribution in [1.29, 1.82) is 0 Å². The highest BCUT2D eigenvalue weighted by Gasteiger charge is 2.69. The van der Waals surface area contributed by atoms with Crippen LogP contribution in [-0.4, -0.2) is 125 Å². The Morgan fingerprint density at radius 1 is 0.826 bits per heavy atom. The minimum absolute atomic E-state index is 0.0206. The first-order valence-corrected chi connectivity index (χ1v) is 30.6. The number of ketones is 1. The Hall–Kier alpha value is -1.86. The fourth-order valence-corrected chi connectivity index (χ4v) is 14.7. The van der Waals surface area contributed by atoms with Crippen LogP contribution >= 0.6 is 0 Å². The predicted molar refractivity (Wildman–Crippen MR) is 262 cm³/mol. The molecule has 9 saturated heterocycles. The molecule has 1 spiro atoms. The first-order chi connectivity index (χ1) is 32.5. The van der Waals surface area contributed by atoms with E-state index in [-0.39, 0.29) is 114 Å². The lowest BCUT2D eigenvalue weighted by Crippen LogP contribution is -2.61. The van der Waals surface area contributed by atoms with E-state index in [1.807, 2.05) is 6.92 Å². The van der Waals surface area contributed by atoms with E-state index in [4.69, 9.17) is 41.8 Å². The van der Waals surface area contributed by atoms with E-state index in [9.17, 15) is 18.3 Å². The molecule has 0 amide bonds. The van der Waals surface area contributed by atoms with Crippen LogP contribution in [0, 0.1) is 30.6 Å². The summed E-state index contributed by atoms with van der Waals surface area (Å²) in [7, 11) is -6.13. The summed E-state index contributed by atoms with van der Waals surface area (Å²) < 4.78 is 88.6. The number of hydrogen-bond acceptors (Lipinski definition) is 13. The molecule has 9 aliphatic rings. The van der Waals surface area contributed by atoms with E-state index >= 15 is 0 Å². The standard InChI is InChI=1S/C54H82O13SSi/c1-30-12-16-40(17-13-30)68(57,58)67-39-20-21-54-28-47-49(65-54)50-51(64-47)52(66-54)48-43(63-50)19-15-38(61-48)25-36(55)26-41-35(6)44(22-31(2)29-59-69(10,11)53(7,8)9)62-46(41)27-45-34(5)32(3)23-37(60-45)14-18-42(56)33(4)24-39/h12-13,16-17,31-32,35,37-39,41-52,56H,4-5,14-15,18-29H2,1-3,6-11H3/t31-,32+,35+,37-,38+,39+,41?,42-,43-,44+,45?,46-,47+,48-,49-,50-,51+,52-,54-/m0/s1. The Balaban J connectivity index is 0.977. The molecule has 9 aliphatic heterocycles. The molecule has 0 aromatic heterocycles. The second-order valence-electron chi connectivity index (χ2n) is 24.1. The number of carbonyl (C=O) groups excluding carboxylic acids is 1. The third-order valence-electron chi connectivity index (χ3n) is 17.8. The van der Waals surface area contributed by atoms with Gasteiger partial charge in [0.05, 0.1) is 59.8 Å². The van der Waals surface area contributed by atoms with Gasteiger partial charge in [-0.05, 0) is 123 Å². The molecule has 0 aliphatic carbocycles. The van der Waals surface area contributed by atoms with Gasteiger partial charge in [0, 0.05) is 38.7 Å². The minimum atomic E-state index is -4.19. The van der Waals surface area contributed by atoms with Gasteiger partial charge in [0.25, 0.3) is 10.1 Å². The molecule has 15 heteroatoms. The number of fused-ring (bicyclic) bond motifs is 4. The fraction of sp³-hybridized carbons (Fsp3) is 0.796. The average molecular weight is 999 g/mol. The molecule has 69 heavy (non-hydrogen) atoms. The van der Waals surface area contributed by atoms with Crippen molar-refractivity contribution >= 4 is 24.2 Å². The van der Waals surface area contributed by atoms with Crippen LogP contribution in [0.15, 0.2) is 53.5 Å². The molecule has 9 fully saturated rings. The molecular formula is C54H82O13SSi. The van der Waals surface area contributed by atoms with Gasteiger partial charge in [0.2, 0.25) is 0 Å². The summed E-state index contributed by atoms with van der Waals surface area (Å²) in [5.41, 5.74) is 2.45. The van der Waals surface area contributed by atoms with Gasteiger partial charge in [-0.15, -0.1) is 0 Å². The lowest BCUT2D eigenvalue weighted by molar-refractivity contribution is -0.292. The lowest BCUT2D eigenvalue weighted by Gasteiger charge is -2.47. The van der Waals surface area contributed by atoms with Crippen molar-refractivity contribution in [2.45, 2.75) is 246 Å². The van der Waals surface area contributed by atoms with Crippen LogP contribution in [0.5, 0.6) is 0 Å². The van der Waals surface area contributed by atoms with Gasteiger partial charge < -0.3 is 42.7 Å². The molecule has 9 heterocycles. The van der Waals surface area contributed by atoms with Crippen LogP contribution in [0.25, 0.3) is 0 Å². The number of aliphatic hydroxyl groups excluding tert-OH is 1. The zero-order valence-electron chi connectivity index (χ0n) is 42.8. The molecular weight excluding hydrogens is 917 g/mol. The smallest absolute Gasteiger partial charge is 0.297 e. The van der Waals surface area contributed by atoms with Crippen LogP contribution in [0.3, 0.4) is 0 Å². The van der Waals surface area contributed by atoms with Crippen molar-refractivity contribution in [3.05, 3.63) is 54.1 Å². The second-order valence-corrected chi connectivity index (χ2v) is 30.5. The normalized spacial score (nSPS) is 42.7. The summed E-state index contributed by atoms with van der Waals surface area (Å²) in [6.45, 7) is 29.5. The number of Topliss-reactive ketones (excluding diaryl/α,β-unsaturated/α-hetero) is 1. The molecule has 0 radical (unpaired) electrons. The maximum atomic E-state index is 14.5. The Labute approximate surface area is 413 Å². The number of rotatable bonds is 8. The molecule has 1 aromatic carbocycles. The van der Waals surface area contributed by atoms with E-state index in [0.717, 1.165) is 30.4 Å². The van der Waals surface area contributed by atoms with Crippen LogP contribution in [0.4, 0.5) is 0 Å². The molecule has 13 nitrogen and oxygen atoms in total. The Morgan fingerprint density at radius 3 is 2.26 bits per heavy atom. The number of ether oxygens (including phenoxy) is 7. The highest BCUT2D eigenvalue weighted by molar-refractivity contribution is 7.86. The van der Waals surface area contributed by atoms with Gasteiger partial charge in [-0.1, -0.05) is 72.4 Å². The highest BCUT2D eigenvalue weighted by atomic mass is 32.2. The quantitative estimate of drug-likeness (QED) is 0.150. The molecule has 1 aromatic rings. The van der Waals surface area contributed by atoms with E-state index in [1.54, 1.807) is 24.3 Å². The van der Waals surface area contributed by atoms with Gasteiger partial charge in [-0.25, -0.2) is 0 Å². The zero-order valence-corrected chi connectivity index (χ0v) is 44.6. The van der Waals surface area contributed by atoms with Crippen molar-refractivity contribution in [2.24, 2.45) is 23.7 Å². The third kappa shape index (κ3) is 11.0. The molecule has 0 saturated carbocycles. The molecule has 1 N–H and O–H groups in total. The summed E-state index contributed by atoms with van der Waals surface area (Å²) >= 11 is 0. The van der Waals surface area contributed by atoms with Gasteiger partial charge in [0.15, 0.2) is 14.1 Å². The number of carbonyl (C=O) groups is 1. The number of aryl methyl sites for hydroxylation is 1. The van der Waals surface area contributed by atoms with E-state index in [0.29, 0.717) is 57.1 Å². The molecule has 2 unspecified atom stereocenters. The van der Waals surface area contributed by atoms with Gasteiger partial charge in [-0.3, -0.25) is 8.98 Å². The van der Waals surface area contributed by atoms with Crippen LogP contribution in [-0.2, 0) is 56.7 Å². The van der Waals surface area contributed by atoms with Crippen LogP contribution < -0.4 is 0 Å². The summed E-state index contributed by atoms with van der Waals surface area (Å²) in [4.78, 5) is 14.5. The third-order valence-corrected chi connectivity index (χ3v) is 23.7. The minimum Gasteiger partial charge on any atom is -0.417 e. The Bertz CT molecular complexity index is 2140. The Morgan fingerprint density at radius 2 is 1.52 bits per heavy atom. The monoisotopic (exact) mass is 999 g/mol. The topological polar surface area (TPSA) is 155 Å². The van der Waals surface area contributed by atoms with Gasteiger partial charge >= 0.3 is 0 Å². The molecule has 10 rings (SSSR count). The summed E-state index contributed by atoms with van der Waals surface area (Å²) in [6.07, 6.45) is 0.939. The summed E-state index contributed by atoms with van der Waals surface area (Å²) in [5.74, 6) is -0.386. The van der Waals surface area contributed by atoms with Crippen molar-refractivity contribution in [2.75, 3.05) is 6.61 Å². The highest BCUT2D eigenvalue weighted by Crippen LogP contribution is 2.54. The first-order valence-electron chi connectivity index (χ1n) is 26.3. The van der Waals surface area contributed by atoms with Crippen molar-refractivity contribution in [3.63, 3.8) is 0 Å². The van der Waals surface area contributed by atoms with Crippen molar-refractivity contribution in [3.8, 4) is 0 Å². The summed E-state index contributed by atoms with van der Waals surface area (Å²) in [5, 5.41) is 11.8. The summed E-state index contributed by atoms with van der Waals surface area (Å²) in [6, 6.07) is 6.59. The SMILES string of the molecule is C=C1C2C[C@@H]3O[C@H](C[C@H](C)CO[Si](C)(C)C(C)(C)C)[C@H](C)C3CC(=O)C[C@H]3CC[C@@H]4O[C@@H]5[C@H]6O[C@@H]7C[C@](CC[C@@H](OS(=O)(=O)c8ccc(C)cc8)CC(=C)[C@@H](O)CC[C@@H](C[C@H]1C)O2)(O[C@H]6[C@H]4O3)O[C@H]57. The maximum absolute atomic E-state index is 14.5. The van der Waals surface area contributed by atoms with Gasteiger partial charge in [0.1, 0.15) is 36.3 Å². The van der Waals surface area contributed by atoms with E-state index in [2.05, 4.69) is 67.8 Å². The zero-order chi connectivity index (χ0) is 49.4. The average Bonchev–Trinajstić information content (AvgIpc) is 3.82. The maximum Gasteiger partial charge on any atom is 0.297 e. The number of hydrogen-bond donors (Lipinski definition) is 1. The molecule has 386 valence electrons. The lowest BCUT2D eigenvalue weighted by atomic mass is 9.78. The molecule has 19 atom stereocenters. The van der Waals surface area contributed by atoms with Crippen molar-refractivity contribution in [1.82, 2.24) is 0 Å². The van der Waals surface area contributed by atoms with E-state index in [1.165, 1.54) is 0 Å². The molecule has 10 bridgehead atoms.